The summed E-state index contributed by atoms with van der Waals surface area (Å²) in [7, 11) is 0. The molecule has 4 heteroatoms. The maximum absolute atomic E-state index is 4.17. The van der Waals surface area contributed by atoms with E-state index in [1.165, 1.54) is 12.8 Å². The van der Waals surface area contributed by atoms with Crippen molar-refractivity contribution in [2.75, 3.05) is 5.32 Å². The third-order valence-electron chi connectivity index (χ3n) is 1.97. The van der Waals surface area contributed by atoms with Gasteiger partial charge in [0.1, 0.15) is 5.01 Å². The fourth-order valence-corrected chi connectivity index (χ4v) is 1.87. The van der Waals surface area contributed by atoms with Gasteiger partial charge >= 0.3 is 0 Å². The number of nitrogens with zero attached hydrogens (tertiary/aromatic N) is 2. The van der Waals surface area contributed by atoms with Gasteiger partial charge in [-0.05, 0) is 12.8 Å². The van der Waals surface area contributed by atoms with E-state index in [1.54, 1.807) is 11.3 Å². The number of rotatable bonds is 2. The Hall–Kier alpha value is -0.640. The highest BCUT2D eigenvalue weighted by Crippen LogP contribution is 2.31. The van der Waals surface area contributed by atoms with E-state index in [9.17, 15) is 0 Å². The lowest BCUT2D eigenvalue weighted by Gasteiger charge is -2.12. The Bertz CT molecular complexity index is 296. The first-order chi connectivity index (χ1) is 6.05. The van der Waals surface area contributed by atoms with E-state index in [1.807, 2.05) is 0 Å². The van der Waals surface area contributed by atoms with Gasteiger partial charge < -0.3 is 5.32 Å². The van der Waals surface area contributed by atoms with E-state index in [-0.39, 0.29) is 5.41 Å². The second-order valence-electron chi connectivity index (χ2n) is 4.58. The highest BCUT2D eigenvalue weighted by atomic mass is 32.1. The lowest BCUT2D eigenvalue weighted by molar-refractivity contribution is 0.578. The molecule has 1 aliphatic rings. The number of anilines is 1. The van der Waals surface area contributed by atoms with Crippen LogP contribution >= 0.6 is 11.3 Å². The molecule has 1 saturated carbocycles. The molecule has 0 bridgehead atoms. The molecule has 1 aromatic heterocycles. The van der Waals surface area contributed by atoms with E-state index in [0.717, 1.165) is 10.1 Å². The van der Waals surface area contributed by atoms with Crippen LogP contribution in [0.4, 0.5) is 5.13 Å². The van der Waals surface area contributed by atoms with Gasteiger partial charge in [0.25, 0.3) is 0 Å². The molecule has 1 aromatic rings. The van der Waals surface area contributed by atoms with E-state index in [0.29, 0.717) is 6.04 Å². The first kappa shape index (κ1) is 8.94. The summed E-state index contributed by atoms with van der Waals surface area (Å²) in [5.41, 5.74) is 0.126. The molecule has 0 aromatic carbocycles. The maximum atomic E-state index is 4.17. The van der Waals surface area contributed by atoms with Gasteiger partial charge in [-0.2, -0.15) is 0 Å². The first-order valence-electron chi connectivity index (χ1n) is 4.66. The zero-order valence-electron chi connectivity index (χ0n) is 8.29. The third-order valence-corrected chi connectivity index (χ3v) is 3.25. The Morgan fingerprint density at radius 1 is 1.31 bits per heavy atom. The second kappa shape index (κ2) is 2.94. The monoisotopic (exact) mass is 197 g/mol. The SMILES string of the molecule is CC(C)(C)c1nnc(NC2CC2)s1. The van der Waals surface area contributed by atoms with Crippen LogP contribution in [0.1, 0.15) is 38.6 Å². The van der Waals surface area contributed by atoms with Gasteiger partial charge in [0.05, 0.1) is 0 Å². The average Bonchev–Trinajstić information content (AvgIpc) is 2.63. The van der Waals surface area contributed by atoms with E-state index in [4.69, 9.17) is 0 Å². The lowest BCUT2D eigenvalue weighted by Crippen LogP contribution is -2.10. The van der Waals surface area contributed by atoms with Crippen molar-refractivity contribution in [3.63, 3.8) is 0 Å². The molecule has 0 radical (unpaired) electrons. The topological polar surface area (TPSA) is 37.8 Å². The zero-order chi connectivity index (χ0) is 9.47. The summed E-state index contributed by atoms with van der Waals surface area (Å²) in [6.07, 6.45) is 2.56. The summed E-state index contributed by atoms with van der Waals surface area (Å²) in [6.45, 7) is 6.48. The van der Waals surface area contributed by atoms with Gasteiger partial charge in [-0.3, -0.25) is 0 Å². The lowest BCUT2D eigenvalue weighted by atomic mass is 9.98. The van der Waals surface area contributed by atoms with Gasteiger partial charge in [-0.15, -0.1) is 10.2 Å². The van der Waals surface area contributed by atoms with Crippen LogP contribution in [0.5, 0.6) is 0 Å². The quantitative estimate of drug-likeness (QED) is 0.791. The molecule has 0 aliphatic heterocycles. The van der Waals surface area contributed by atoms with Gasteiger partial charge in [-0.1, -0.05) is 32.1 Å². The largest absolute Gasteiger partial charge is 0.357 e. The standard InChI is InChI=1S/C9H15N3S/c1-9(2,3)7-11-12-8(13-7)10-6-4-5-6/h6H,4-5H2,1-3H3,(H,10,12). The van der Waals surface area contributed by atoms with Crippen molar-refractivity contribution in [3.05, 3.63) is 5.01 Å². The number of hydrogen-bond donors (Lipinski definition) is 1. The molecule has 1 N–H and O–H groups in total. The predicted octanol–water partition coefficient (Wildman–Crippen LogP) is 2.41. The number of hydrogen-bond acceptors (Lipinski definition) is 4. The minimum Gasteiger partial charge on any atom is -0.357 e. The van der Waals surface area contributed by atoms with E-state index in [2.05, 4.69) is 36.3 Å². The normalized spacial score (nSPS) is 17.5. The molecular formula is C9H15N3S. The van der Waals surface area contributed by atoms with Crippen LogP contribution in [0, 0.1) is 0 Å². The van der Waals surface area contributed by atoms with Crippen molar-refractivity contribution in [1.29, 1.82) is 0 Å². The molecule has 1 aliphatic carbocycles. The van der Waals surface area contributed by atoms with E-state index < -0.39 is 0 Å². The van der Waals surface area contributed by atoms with Crippen LogP contribution in [0.25, 0.3) is 0 Å². The van der Waals surface area contributed by atoms with Crippen LogP contribution in [0.2, 0.25) is 0 Å². The smallest absolute Gasteiger partial charge is 0.205 e. The Labute approximate surface area is 82.6 Å². The van der Waals surface area contributed by atoms with Crippen molar-refractivity contribution in [1.82, 2.24) is 10.2 Å². The fourth-order valence-electron chi connectivity index (χ4n) is 0.987. The Balaban J connectivity index is 2.08. The summed E-state index contributed by atoms with van der Waals surface area (Å²) in [6, 6.07) is 0.667. The van der Waals surface area contributed by atoms with Crippen LogP contribution < -0.4 is 5.32 Å². The number of aromatic nitrogens is 2. The van der Waals surface area contributed by atoms with Crippen LogP contribution in [-0.2, 0) is 5.41 Å². The molecule has 0 spiro atoms. The minimum atomic E-state index is 0.126. The van der Waals surface area contributed by atoms with Crippen LogP contribution in [0.3, 0.4) is 0 Å². The van der Waals surface area contributed by atoms with Crippen LogP contribution in [0.15, 0.2) is 0 Å². The molecule has 0 saturated heterocycles. The van der Waals surface area contributed by atoms with E-state index >= 15 is 0 Å². The summed E-state index contributed by atoms with van der Waals surface area (Å²) in [4.78, 5) is 0. The van der Waals surface area contributed by atoms with Crippen molar-refractivity contribution >= 4 is 16.5 Å². The maximum Gasteiger partial charge on any atom is 0.205 e. The molecule has 1 heterocycles. The highest BCUT2D eigenvalue weighted by Gasteiger charge is 2.24. The summed E-state index contributed by atoms with van der Waals surface area (Å²) < 4.78 is 0. The average molecular weight is 197 g/mol. The van der Waals surface area contributed by atoms with Crippen molar-refractivity contribution in [3.8, 4) is 0 Å². The molecule has 1 fully saturated rings. The van der Waals surface area contributed by atoms with Gasteiger partial charge in [0.15, 0.2) is 0 Å². The molecule has 72 valence electrons. The molecule has 0 amide bonds. The highest BCUT2D eigenvalue weighted by molar-refractivity contribution is 7.15. The second-order valence-corrected chi connectivity index (χ2v) is 5.56. The first-order valence-corrected chi connectivity index (χ1v) is 5.48. The van der Waals surface area contributed by atoms with Crippen LogP contribution in [-0.4, -0.2) is 16.2 Å². The molecule has 3 nitrogen and oxygen atoms in total. The molecule has 0 atom stereocenters. The third kappa shape index (κ3) is 2.18. The minimum absolute atomic E-state index is 0.126. The van der Waals surface area contributed by atoms with Crippen molar-refractivity contribution in [2.24, 2.45) is 0 Å². The Kier molecular flexibility index (Phi) is 2.02. The molecule has 13 heavy (non-hydrogen) atoms. The van der Waals surface area contributed by atoms with Gasteiger partial charge in [-0.25, -0.2) is 0 Å². The number of nitrogens with one attached hydrogen (secondary N) is 1. The summed E-state index contributed by atoms with van der Waals surface area (Å²) in [5, 5.41) is 13.7. The van der Waals surface area contributed by atoms with Crippen molar-refractivity contribution in [2.45, 2.75) is 45.1 Å². The molecule has 2 rings (SSSR count). The van der Waals surface area contributed by atoms with Gasteiger partial charge in [0.2, 0.25) is 5.13 Å². The fraction of sp³-hybridized carbons (Fsp3) is 0.778. The van der Waals surface area contributed by atoms with Crippen molar-refractivity contribution < 1.29 is 0 Å². The predicted molar refractivity (Wildman–Crippen MR) is 55.3 cm³/mol. The summed E-state index contributed by atoms with van der Waals surface area (Å²) >= 11 is 1.67. The molecular weight excluding hydrogens is 182 g/mol. The van der Waals surface area contributed by atoms with Gasteiger partial charge in [0, 0.05) is 11.5 Å². The molecule has 0 unspecified atom stereocenters. The Morgan fingerprint density at radius 2 is 2.00 bits per heavy atom. The zero-order valence-corrected chi connectivity index (χ0v) is 9.11. The summed E-state index contributed by atoms with van der Waals surface area (Å²) in [5.74, 6) is 0. The Morgan fingerprint density at radius 3 is 2.46 bits per heavy atom.